The van der Waals surface area contributed by atoms with Gasteiger partial charge in [-0.2, -0.15) is 0 Å². The van der Waals surface area contributed by atoms with E-state index in [2.05, 4.69) is 77.9 Å². The number of nitrogens with zero attached hydrogens (tertiary/aromatic N) is 3. The van der Waals surface area contributed by atoms with Gasteiger partial charge in [-0.05, 0) is 129 Å². The average molecular weight is 814 g/mol. The van der Waals surface area contributed by atoms with Crippen molar-refractivity contribution in [3.05, 3.63) is 192 Å². The summed E-state index contributed by atoms with van der Waals surface area (Å²) >= 11 is 0. The van der Waals surface area contributed by atoms with Crippen molar-refractivity contribution < 1.29 is 13.3 Å². The van der Waals surface area contributed by atoms with E-state index < -0.39 is 19.1 Å². The molecule has 0 fully saturated rings. The van der Waals surface area contributed by atoms with Crippen molar-refractivity contribution in [1.82, 2.24) is 14.5 Å². The summed E-state index contributed by atoms with van der Waals surface area (Å²) in [6.07, 6.45) is 1.77. The Morgan fingerprint density at radius 3 is 1.84 bits per heavy atom. The van der Waals surface area contributed by atoms with Crippen LogP contribution in [0.2, 0.25) is 0 Å². The largest absolute Gasteiger partial charge is 0.507 e. The minimum Gasteiger partial charge on any atom is -0.507 e. The van der Waals surface area contributed by atoms with E-state index in [1.54, 1.807) is 24.4 Å². The highest BCUT2D eigenvalue weighted by atomic mass is 16.3. The molecule has 0 saturated carbocycles. The van der Waals surface area contributed by atoms with E-state index in [0.717, 1.165) is 66.9 Å². The second-order valence-electron chi connectivity index (χ2n) is 18.1. The fourth-order valence-corrected chi connectivity index (χ4v) is 8.27. The first-order valence-corrected chi connectivity index (χ1v) is 21.0. The monoisotopic (exact) mass is 813 g/mol. The van der Waals surface area contributed by atoms with Gasteiger partial charge >= 0.3 is 0 Å². The molecular weight excluding hydrogens is 755 g/mol. The molecule has 1 N–H and O–H groups in total. The lowest BCUT2D eigenvalue weighted by atomic mass is 9.79. The number of imidazole rings is 1. The van der Waals surface area contributed by atoms with Crippen LogP contribution in [0, 0.1) is 13.7 Å². The molecule has 0 amide bonds. The minimum absolute atomic E-state index is 0.0901. The number of para-hydroxylation sites is 1. The van der Waals surface area contributed by atoms with Crippen LogP contribution in [0.4, 0.5) is 0 Å². The average Bonchev–Trinajstić information content (AvgIpc) is 3.70. The van der Waals surface area contributed by atoms with E-state index in [1.807, 2.05) is 114 Å². The number of aromatic hydroxyl groups is 1. The number of rotatable bonds is 7. The van der Waals surface area contributed by atoms with Gasteiger partial charge in [0.1, 0.15) is 11.6 Å². The molecule has 0 aliphatic carbocycles. The summed E-state index contributed by atoms with van der Waals surface area (Å²) in [6, 6.07) is 52.7. The predicted molar refractivity (Wildman–Crippen MR) is 260 cm³/mol. The molecule has 0 unspecified atom stereocenters. The lowest BCUT2D eigenvalue weighted by molar-refractivity contribution is 0.446. The quantitative estimate of drug-likeness (QED) is 0.174. The summed E-state index contributed by atoms with van der Waals surface area (Å²) in [4.78, 5) is 10.4. The molecule has 0 saturated heterocycles. The molecule has 0 radical (unpaired) electrons. The number of fused-ring (bicyclic) bond motifs is 1. The van der Waals surface area contributed by atoms with E-state index in [1.165, 1.54) is 0 Å². The molecule has 4 nitrogen and oxygen atoms in total. The first-order chi connectivity index (χ1) is 32.1. The topological polar surface area (TPSA) is 50.9 Å². The van der Waals surface area contributed by atoms with Crippen LogP contribution in [0.15, 0.2) is 170 Å². The number of phenolic OH excluding ortho intramolecular Hbond substituents is 1. The highest BCUT2D eigenvalue weighted by Gasteiger charge is 2.29. The van der Waals surface area contributed by atoms with Crippen LogP contribution in [0.3, 0.4) is 0 Å². The van der Waals surface area contributed by atoms with Crippen LogP contribution < -0.4 is 0 Å². The lowest BCUT2D eigenvalue weighted by Gasteiger charge is -2.27. The maximum Gasteiger partial charge on any atom is 0.149 e. The SMILES string of the molecule is [2H]C([2H])([2H])c1ccc(-c2ccnc(-c3cc(-c4ccccc4)cc(-c4cccc5c4nc(-c4cc(C(C)(C)C)cc(C(C)(C)C)c4O)n5-c4ccc(-c5ccccc5)cc4C([2H])([2H])[2H])c3)c2)cc1. The molecule has 4 heteroatoms. The molecular formula is C58H53N3O. The van der Waals surface area contributed by atoms with Crippen molar-refractivity contribution in [2.75, 3.05) is 0 Å². The normalized spacial score (nSPS) is 13.8. The van der Waals surface area contributed by atoms with Crippen molar-refractivity contribution in [3.63, 3.8) is 0 Å². The molecule has 9 rings (SSSR count). The Hall–Kier alpha value is -7.04. The fraction of sp³-hybridized carbons (Fsp3) is 0.172. The first-order valence-electron chi connectivity index (χ1n) is 24.0. The Kier molecular flexibility index (Phi) is 8.56. The second-order valence-corrected chi connectivity index (χ2v) is 18.1. The van der Waals surface area contributed by atoms with Gasteiger partial charge in [0, 0.05) is 31.1 Å². The number of benzene rings is 7. The number of pyridine rings is 1. The third-order valence-electron chi connectivity index (χ3n) is 11.7. The zero-order chi connectivity index (χ0) is 48.3. The zero-order valence-corrected chi connectivity index (χ0v) is 36.0. The van der Waals surface area contributed by atoms with E-state index in [9.17, 15) is 5.11 Å². The molecule has 0 bridgehead atoms. The van der Waals surface area contributed by atoms with Crippen molar-refractivity contribution in [1.29, 1.82) is 0 Å². The van der Waals surface area contributed by atoms with Crippen LogP contribution in [0.1, 0.15) is 72.0 Å². The summed E-state index contributed by atoms with van der Waals surface area (Å²) in [5.41, 5.74) is 12.3. The number of aromatic nitrogens is 3. The van der Waals surface area contributed by atoms with Crippen molar-refractivity contribution in [2.24, 2.45) is 0 Å². The van der Waals surface area contributed by atoms with Crippen LogP contribution in [-0.2, 0) is 10.8 Å². The minimum atomic E-state index is -2.52. The fourth-order valence-electron chi connectivity index (χ4n) is 8.27. The first kappa shape index (κ1) is 33.7. The molecule has 0 spiro atoms. The van der Waals surface area contributed by atoms with Crippen LogP contribution in [0.25, 0.3) is 83.9 Å². The van der Waals surface area contributed by atoms with Gasteiger partial charge in [0.25, 0.3) is 0 Å². The standard InChI is InChI=1S/C58H53N3O/c1-37-22-24-41(25-23-37)43-28-29-59-51(34-43)46-32-44(40-18-13-10-14-19-40)31-45(33-46)48-20-15-21-53-54(48)60-56(49-35-47(57(3,4)5)36-50(55(49)62)58(6,7)8)61(53)52-27-26-42(30-38(52)2)39-16-11-9-12-17-39/h9-36,62H,1-8H3/i1D3,2D3. The molecule has 9 aromatic rings. The Morgan fingerprint density at radius 2 is 1.16 bits per heavy atom. The van der Waals surface area contributed by atoms with Gasteiger partial charge in [-0.25, -0.2) is 4.98 Å². The third-order valence-corrected chi connectivity index (χ3v) is 11.7. The Labute approximate surface area is 374 Å². The van der Waals surface area contributed by atoms with E-state index >= 15 is 0 Å². The van der Waals surface area contributed by atoms with Gasteiger partial charge in [-0.15, -0.1) is 0 Å². The molecule has 0 aliphatic rings. The van der Waals surface area contributed by atoms with Gasteiger partial charge in [-0.3, -0.25) is 9.55 Å². The smallest absolute Gasteiger partial charge is 0.149 e. The number of phenols is 1. The highest BCUT2D eigenvalue weighted by Crippen LogP contribution is 2.45. The summed E-state index contributed by atoms with van der Waals surface area (Å²) in [6.45, 7) is 7.93. The van der Waals surface area contributed by atoms with Crippen molar-refractivity contribution in [3.8, 4) is 78.6 Å². The van der Waals surface area contributed by atoms with E-state index in [-0.39, 0.29) is 22.3 Å². The summed E-state index contributed by atoms with van der Waals surface area (Å²) in [5.74, 6) is 0.505. The number of aryl methyl sites for hydroxylation is 2. The van der Waals surface area contributed by atoms with E-state index in [4.69, 9.17) is 18.2 Å². The molecule has 0 atom stereocenters. The maximum absolute atomic E-state index is 12.5. The molecule has 306 valence electrons. The Morgan fingerprint density at radius 1 is 0.516 bits per heavy atom. The van der Waals surface area contributed by atoms with Gasteiger partial charge in [-0.1, -0.05) is 156 Å². The molecule has 62 heavy (non-hydrogen) atoms. The maximum atomic E-state index is 12.5. The Bertz CT molecular complexity index is 3320. The summed E-state index contributed by atoms with van der Waals surface area (Å²) in [7, 11) is 0. The van der Waals surface area contributed by atoms with Gasteiger partial charge in [0.15, 0.2) is 0 Å². The molecule has 0 aliphatic heterocycles. The Balaban J connectivity index is 1.32. The van der Waals surface area contributed by atoms with Gasteiger partial charge in [0.05, 0.1) is 28.0 Å². The van der Waals surface area contributed by atoms with Gasteiger partial charge < -0.3 is 5.11 Å². The van der Waals surface area contributed by atoms with Gasteiger partial charge in [0.2, 0.25) is 0 Å². The number of hydrogen-bond donors (Lipinski definition) is 1. The van der Waals surface area contributed by atoms with Crippen LogP contribution in [0.5, 0.6) is 5.75 Å². The van der Waals surface area contributed by atoms with Crippen LogP contribution in [-0.4, -0.2) is 19.6 Å². The predicted octanol–water partition coefficient (Wildman–Crippen LogP) is 15.3. The summed E-state index contributed by atoms with van der Waals surface area (Å²) in [5, 5.41) is 12.5. The highest BCUT2D eigenvalue weighted by molar-refractivity contribution is 5.98. The molecule has 7 aromatic carbocycles. The van der Waals surface area contributed by atoms with Crippen LogP contribution >= 0.6 is 0 Å². The molecule has 2 heterocycles. The molecule has 2 aromatic heterocycles. The third kappa shape index (κ3) is 7.74. The van der Waals surface area contributed by atoms with Crippen molar-refractivity contribution in [2.45, 2.75) is 66.1 Å². The lowest BCUT2D eigenvalue weighted by Crippen LogP contribution is -2.17. The summed E-state index contributed by atoms with van der Waals surface area (Å²) < 4.78 is 52.3. The number of hydrogen-bond acceptors (Lipinski definition) is 3. The second kappa shape index (κ2) is 15.8. The van der Waals surface area contributed by atoms with Crippen molar-refractivity contribution >= 4 is 11.0 Å². The van der Waals surface area contributed by atoms with E-state index in [0.29, 0.717) is 28.1 Å². The zero-order valence-electron chi connectivity index (χ0n) is 42.0.